The van der Waals surface area contributed by atoms with Crippen molar-refractivity contribution in [1.82, 2.24) is 25.1 Å². The van der Waals surface area contributed by atoms with E-state index in [2.05, 4.69) is 33.6 Å². The van der Waals surface area contributed by atoms with Crippen LogP contribution in [0.25, 0.3) is 0 Å². The smallest absolute Gasteiger partial charge is 0.159 e. The summed E-state index contributed by atoms with van der Waals surface area (Å²) >= 11 is 0. The summed E-state index contributed by atoms with van der Waals surface area (Å²) in [5.74, 6) is 3.33. The standard InChI is InChI=1S/C22H30N6O3.C2H6/c1-2-19(31-9-1)18-14-21-23-20(15-22(28(21)25-18)26-7-12-30-13-8-26)27-6-3-17(24-27)16-4-10-29-11-5-16;1-2/h3,6,14-16,18-19,25H,1-2,4-5,7-13H2;1-2H3. The molecule has 0 saturated carbocycles. The molecule has 5 aliphatic rings. The molecule has 180 valence electrons. The maximum absolute atomic E-state index is 5.94. The zero-order valence-corrected chi connectivity index (χ0v) is 19.8. The molecule has 6 rings (SSSR count). The third-order valence-corrected chi connectivity index (χ3v) is 6.74. The number of nitrogens with one attached hydrogen (secondary N) is 1. The lowest BCUT2D eigenvalue weighted by atomic mass is 9.97. The highest BCUT2D eigenvalue weighted by atomic mass is 16.5. The van der Waals surface area contributed by atoms with Crippen LogP contribution in [0, 0.1) is 0 Å². The van der Waals surface area contributed by atoms with Crippen LogP contribution in [-0.2, 0) is 14.2 Å². The number of aliphatic imine (C=N–C) groups is 1. The van der Waals surface area contributed by atoms with Gasteiger partial charge in [-0.3, -0.25) is 0 Å². The molecule has 2 atom stereocenters. The van der Waals surface area contributed by atoms with E-state index in [1.807, 2.05) is 24.7 Å². The van der Waals surface area contributed by atoms with E-state index in [1.54, 1.807) is 0 Å². The first-order chi connectivity index (χ1) is 16.3. The lowest BCUT2D eigenvalue weighted by molar-refractivity contribution is 0.0306. The van der Waals surface area contributed by atoms with Gasteiger partial charge >= 0.3 is 0 Å². The van der Waals surface area contributed by atoms with Crippen molar-refractivity contribution in [2.75, 3.05) is 46.1 Å². The number of rotatable bonds is 3. The monoisotopic (exact) mass is 456 g/mol. The molecule has 1 N–H and O–H groups in total. The van der Waals surface area contributed by atoms with E-state index in [0.717, 1.165) is 95.0 Å². The molecule has 1 aromatic heterocycles. The summed E-state index contributed by atoms with van der Waals surface area (Å²) in [6.07, 6.45) is 10.8. The van der Waals surface area contributed by atoms with Crippen molar-refractivity contribution in [3.8, 4) is 0 Å². The number of allylic oxidation sites excluding steroid dienone is 1. The number of hydrogen-bond donors (Lipinski definition) is 1. The molecule has 0 aliphatic carbocycles. The van der Waals surface area contributed by atoms with Crippen LogP contribution in [0.2, 0.25) is 0 Å². The van der Waals surface area contributed by atoms with Crippen molar-refractivity contribution >= 4 is 5.84 Å². The van der Waals surface area contributed by atoms with Gasteiger partial charge in [-0.15, -0.1) is 0 Å². The van der Waals surface area contributed by atoms with Crippen molar-refractivity contribution in [2.24, 2.45) is 4.99 Å². The van der Waals surface area contributed by atoms with Gasteiger partial charge in [-0.1, -0.05) is 13.8 Å². The molecule has 1 aromatic rings. The van der Waals surface area contributed by atoms with Crippen LogP contribution in [0.4, 0.5) is 0 Å². The number of nitrogens with zero attached hydrogens (tertiary/aromatic N) is 5. The van der Waals surface area contributed by atoms with Gasteiger partial charge in [0.1, 0.15) is 11.6 Å². The van der Waals surface area contributed by atoms with E-state index in [-0.39, 0.29) is 12.1 Å². The van der Waals surface area contributed by atoms with Gasteiger partial charge < -0.3 is 19.1 Å². The van der Waals surface area contributed by atoms with Crippen LogP contribution in [0.1, 0.15) is 51.1 Å². The van der Waals surface area contributed by atoms with Crippen LogP contribution in [0.15, 0.2) is 41.0 Å². The first kappa shape index (κ1) is 22.6. The average Bonchev–Trinajstić information content (AvgIpc) is 3.66. The molecule has 0 bridgehead atoms. The minimum Gasteiger partial charge on any atom is -0.381 e. The number of hydrazine groups is 1. The van der Waals surface area contributed by atoms with Gasteiger partial charge in [0.05, 0.1) is 31.1 Å². The molecule has 0 aromatic carbocycles. The highest BCUT2D eigenvalue weighted by Crippen LogP contribution is 2.31. The molecule has 6 heterocycles. The Morgan fingerprint density at radius 2 is 1.79 bits per heavy atom. The van der Waals surface area contributed by atoms with Crippen LogP contribution in [0.5, 0.6) is 0 Å². The molecular formula is C24H36N6O3. The summed E-state index contributed by atoms with van der Waals surface area (Å²) < 4.78 is 19.0. The fourth-order valence-electron chi connectivity index (χ4n) is 4.98. The predicted octanol–water partition coefficient (Wildman–Crippen LogP) is 2.45. The number of aromatic nitrogens is 2. The Hall–Kier alpha value is -2.20. The topological polar surface area (TPSA) is 76.4 Å². The van der Waals surface area contributed by atoms with E-state index in [0.29, 0.717) is 5.92 Å². The van der Waals surface area contributed by atoms with Crippen molar-refractivity contribution in [2.45, 2.75) is 57.6 Å². The van der Waals surface area contributed by atoms with Gasteiger partial charge in [0.2, 0.25) is 0 Å². The van der Waals surface area contributed by atoms with E-state index in [4.69, 9.17) is 24.3 Å². The normalized spacial score (nSPS) is 28.0. The second kappa shape index (κ2) is 10.4. The van der Waals surface area contributed by atoms with E-state index < -0.39 is 0 Å². The van der Waals surface area contributed by atoms with Gasteiger partial charge in [0.25, 0.3) is 0 Å². The fourth-order valence-corrected chi connectivity index (χ4v) is 4.98. The Morgan fingerprint density at radius 3 is 2.55 bits per heavy atom. The van der Waals surface area contributed by atoms with Crippen molar-refractivity contribution in [1.29, 1.82) is 0 Å². The van der Waals surface area contributed by atoms with Gasteiger partial charge in [-0.25, -0.2) is 20.1 Å². The van der Waals surface area contributed by atoms with Crippen LogP contribution >= 0.6 is 0 Å². The summed E-state index contributed by atoms with van der Waals surface area (Å²) in [4.78, 5) is 7.33. The van der Waals surface area contributed by atoms with E-state index in [1.165, 1.54) is 0 Å². The first-order valence-corrected chi connectivity index (χ1v) is 12.5. The quantitative estimate of drug-likeness (QED) is 0.749. The van der Waals surface area contributed by atoms with Gasteiger partial charge in [0.15, 0.2) is 5.84 Å². The molecule has 2 unspecified atom stereocenters. The van der Waals surface area contributed by atoms with Crippen molar-refractivity contribution < 1.29 is 14.2 Å². The van der Waals surface area contributed by atoms with Gasteiger partial charge in [0, 0.05) is 51.1 Å². The van der Waals surface area contributed by atoms with Crippen molar-refractivity contribution in [3.63, 3.8) is 0 Å². The number of morpholine rings is 1. The number of ether oxygens (including phenoxy) is 3. The van der Waals surface area contributed by atoms with E-state index >= 15 is 0 Å². The number of fused-ring (bicyclic) bond motifs is 1. The average molecular weight is 457 g/mol. The molecule has 0 amide bonds. The summed E-state index contributed by atoms with van der Waals surface area (Å²) in [6, 6.07) is 2.27. The van der Waals surface area contributed by atoms with Gasteiger partial charge in [-0.2, -0.15) is 5.10 Å². The maximum Gasteiger partial charge on any atom is 0.159 e. The van der Waals surface area contributed by atoms with Crippen LogP contribution in [0.3, 0.4) is 0 Å². The highest BCUT2D eigenvalue weighted by Gasteiger charge is 2.37. The molecular weight excluding hydrogens is 420 g/mol. The molecule has 9 nitrogen and oxygen atoms in total. The summed E-state index contributed by atoms with van der Waals surface area (Å²) in [5, 5.41) is 7.01. The molecule has 3 fully saturated rings. The third-order valence-electron chi connectivity index (χ3n) is 6.74. The Balaban J connectivity index is 0.00000111. The minimum atomic E-state index is 0.139. The SMILES string of the molecule is C1=C2N=C(n3ccc(C4CCOCC4)n3)C=C(N3CCOCC3)N2NC1C1CCCO1.CC. The summed E-state index contributed by atoms with van der Waals surface area (Å²) in [6.45, 7) is 9.68. The molecule has 5 aliphatic heterocycles. The third kappa shape index (κ3) is 4.73. The molecule has 0 spiro atoms. The van der Waals surface area contributed by atoms with E-state index in [9.17, 15) is 0 Å². The molecule has 3 saturated heterocycles. The Morgan fingerprint density at radius 1 is 1.00 bits per heavy atom. The van der Waals surface area contributed by atoms with Crippen molar-refractivity contribution in [3.05, 3.63) is 41.8 Å². The first-order valence-electron chi connectivity index (χ1n) is 12.5. The Labute approximate surface area is 196 Å². The molecule has 33 heavy (non-hydrogen) atoms. The Kier molecular flexibility index (Phi) is 7.10. The highest BCUT2D eigenvalue weighted by molar-refractivity contribution is 5.96. The second-order valence-corrected chi connectivity index (χ2v) is 8.71. The van der Waals surface area contributed by atoms with Gasteiger partial charge in [-0.05, 0) is 37.8 Å². The maximum atomic E-state index is 5.94. The molecule has 9 heteroatoms. The van der Waals surface area contributed by atoms with Crippen LogP contribution < -0.4 is 5.43 Å². The fraction of sp³-hybridized carbons (Fsp3) is 0.667. The molecule has 0 radical (unpaired) electrons. The minimum absolute atomic E-state index is 0.139. The summed E-state index contributed by atoms with van der Waals surface area (Å²) in [7, 11) is 0. The number of hydrogen-bond acceptors (Lipinski definition) is 8. The van der Waals surface area contributed by atoms with Crippen LogP contribution in [-0.4, -0.2) is 83.8 Å². The summed E-state index contributed by atoms with van der Waals surface area (Å²) in [5.41, 5.74) is 4.76. The lowest BCUT2D eigenvalue weighted by Gasteiger charge is -2.38. The second-order valence-electron chi connectivity index (χ2n) is 8.71. The largest absolute Gasteiger partial charge is 0.381 e. The lowest BCUT2D eigenvalue weighted by Crippen LogP contribution is -2.49. The zero-order valence-electron chi connectivity index (χ0n) is 19.8. The predicted molar refractivity (Wildman–Crippen MR) is 125 cm³/mol. The Bertz CT molecular complexity index is 892. The zero-order chi connectivity index (χ0) is 22.6.